The smallest absolute Gasteiger partial charge is 0.0687 e. The van der Waals surface area contributed by atoms with Crippen LogP contribution < -0.4 is 5.73 Å². The van der Waals surface area contributed by atoms with Gasteiger partial charge in [0.05, 0.1) is 17.8 Å². The third kappa shape index (κ3) is 1.00. The van der Waals surface area contributed by atoms with E-state index in [9.17, 15) is 0 Å². The molecule has 0 aliphatic heterocycles. The molecule has 1 heterocycles. The molecule has 1 fully saturated rings. The van der Waals surface area contributed by atoms with E-state index in [1.54, 1.807) is 0 Å². The summed E-state index contributed by atoms with van der Waals surface area (Å²) in [6.07, 6.45) is 4.42. The predicted octanol–water partition coefficient (Wildman–Crippen LogP) is 1.95. The minimum Gasteiger partial charge on any atom is -0.399 e. The molecule has 0 bridgehead atoms. The van der Waals surface area contributed by atoms with E-state index in [0.717, 1.165) is 11.1 Å². The molecule has 0 saturated heterocycles. The van der Waals surface area contributed by atoms with E-state index in [1.165, 1.54) is 18.4 Å². The second-order valence-corrected chi connectivity index (χ2v) is 3.64. The maximum absolute atomic E-state index is 5.69. The van der Waals surface area contributed by atoms with E-state index >= 15 is 0 Å². The average molecular weight is 173 g/mol. The molecule has 0 amide bonds. The van der Waals surface area contributed by atoms with Gasteiger partial charge >= 0.3 is 0 Å². The molecule has 1 aromatic carbocycles. The molecular weight excluding hydrogens is 162 g/mol. The summed E-state index contributed by atoms with van der Waals surface area (Å²) in [7, 11) is 0. The van der Waals surface area contributed by atoms with Gasteiger partial charge < -0.3 is 5.73 Å². The Morgan fingerprint density at radius 2 is 2.23 bits per heavy atom. The summed E-state index contributed by atoms with van der Waals surface area (Å²) in [4.78, 5) is 0. The molecule has 0 unspecified atom stereocenters. The first-order valence-electron chi connectivity index (χ1n) is 4.57. The standard InChI is InChI=1S/C10H11N3/c11-8-1-4-10-7(5-8)6-12-13(10)9-2-3-9/h1,4-6,9H,2-3,11H2. The minimum absolute atomic E-state index is 0.640. The Morgan fingerprint density at radius 3 is 3.00 bits per heavy atom. The lowest BCUT2D eigenvalue weighted by Gasteiger charge is -1.99. The van der Waals surface area contributed by atoms with Crippen molar-refractivity contribution in [3.63, 3.8) is 0 Å². The van der Waals surface area contributed by atoms with Crippen LogP contribution in [-0.2, 0) is 0 Å². The Balaban J connectivity index is 2.26. The van der Waals surface area contributed by atoms with Crippen LogP contribution in [-0.4, -0.2) is 9.78 Å². The van der Waals surface area contributed by atoms with Crippen LogP contribution in [0.5, 0.6) is 0 Å². The zero-order valence-corrected chi connectivity index (χ0v) is 7.27. The van der Waals surface area contributed by atoms with Gasteiger partial charge in [-0.1, -0.05) is 0 Å². The van der Waals surface area contributed by atoms with Gasteiger partial charge in [0.2, 0.25) is 0 Å². The molecule has 2 aromatic rings. The Kier molecular flexibility index (Phi) is 1.20. The lowest BCUT2D eigenvalue weighted by atomic mass is 10.2. The molecule has 2 N–H and O–H groups in total. The first kappa shape index (κ1) is 6.95. The number of nitrogens with two attached hydrogens (primary N) is 1. The van der Waals surface area contributed by atoms with Crippen LogP contribution in [0.25, 0.3) is 10.9 Å². The first-order valence-corrected chi connectivity index (χ1v) is 4.57. The maximum Gasteiger partial charge on any atom is 0.0687 e. The highest BCUT2D eigenvalue weighted by atomic mass is 15.3. The van der Waals surface area contributed by atoms with Crippen LogP contribution in [0.4, 0.5) is 5.69 Å². The van der Waals surface area contributed by atoms with Crippen molar-refractivity contribution in [3.05, 3.63) is 24.4 Å². The highest BCUT2D eigenvalue weighted by molar-refractivity contribution is 5.82. The first-order chi connectivity index (χ1) is 6.34. The number of benzene rings is 1. The molecule has 1 aromatic heterocycles. The highest BCUT2D eigenvalue weighted by Gasteiger charge is 2.25. The van der Waals surface area contributed by atoms with Crippen LogP contribution in [0.1, 0.15) is 18.9 Å². The molecule has 0 atom stereocenters. The highest BCUT2D eigenvalue weighted by Crippen LogP contribution is 2.36. The van der Waals surface area contributed by atoms with E-state index in [4.69, 9.17) is 5.73 Å². The van der Waals surface area contributed by atoms with E-state index in [1.807, 2.05) is 18.3 Å². The molecule has 3 heteroatoms. The lowest BCUT2D eigenvalue weighted by molar-refractivity contribution is 0.665. The number of nitrogens with zero attached hydrogens (tertiary/aromatic N) is 2. The second-order valence-electron chi connectivity index (χ2n) is 3.64. The lowest BCUT2D eigenvalue weighted by Crippen LogP contribution is -1.94. The van der Waals surface area contributed by atoms with E-state index in [0.29, 0.717) is 6.04 Å². The van der Waals surface area contributed by atoms with Gasteiger partial charge in [0.25, 0.3) is 0 Å². The minimum atomic E-state index is 0.640. The monoisotopic (exact) mass is 173 g/mol. The quantitative estimate of drug-likeness (QED) is 0.670. The number of fused-ring (bicyclic) bond motifs is 1. The molecule has 3 rings (SSSR count). The molecule has 1 saturated carbocycles. The van der Waals surface area contributed by atoms with E-state index in [-0.39, 0.29) is 0 Å². The van der Waals surface area contributed by atoms with Crippen molar-refractivity contribution in [2.45, 2.75) is 18.9 Å². The topological polar surface area (TPSA) is 43.8 Å². The van der Waals surface area contributed by atoms with Crippen molar-refractivity contribution in [2.75, 3.05) is 5.73 Å². The molecule has 1 aliphatic carbocycles. The van der Waals surface area contributed by atoms with Crippen molar-refractivity contribution in [1.82, 2.24) is 9.78 Å². The van der Waals surface area contributed by atoms with Crippen molar-refractivity contribution >= 4 is 16.6 Å². The summed E-state index contributed by atoms with van der Waals surface area (Å²) in [5.74, 6) is 0. The fourth-order valence-corrected chi connectivity index (χ4v) is 1.68. The largest absolute Gasteiger partial charge is 0.399 e. The Hall–Kier alpha value is -1.51. The number of rotatable bonds is 1. The molecule has 0 spiro atoms. The number of aromatic nitrogens is 2. The summed E-state index contributed by atoms with van der Waals surface area (Å²) >= 11 is 0. The fourth-order valence-electron chi connectivity index (χ4n) is 1.68. The third-order valence-corrected chi connectivity index (χ3v) is 2.51. The van der Waals surface area contributed by atoms with E-state index < -0.39 is 0 Å². The summed E-state index contributed by atoms with van der Waals surface area (Å²) < 4.78 is 2.11. The van der Waals surface area contributed by atoms with Crippen molar-refractivity contribution in [1.29, 1.82) is 0 Å². The van der Waals surface area contributed by atoms with Crippen LogP contribution in [0.3, 0.4) is 0 Å². The summed E-state index contributed by atoms with van der Waals surface area (Å²) in [6, 6.07) is 6.60. The summed E-state index contributed by atoms with van der Waals surface area (Å²) in [5, 5.41) is 5.50. The predicted molar refractivity (Wildman–Crippen MR) is 52.4 cm³/mol. The number of hydrogen-bond donors (Lipinski definition) is 1. The molecule has 13 heavy (non-hydrogen) atoms. The Bertz CT molecular complexity index is 454. The number of hydrogen-bond acceptors (Lipinski definition) is 2. The van der Waals surface area contributed by atoms with Gasteiger partial charge in [-0.25, -0.2) is 0 Å². The Labute approximate surface area is 76.1 Å². The van der Waals surface area contributed by atoms with Crippen LogP contribution in [0.15, 0.2) is 24.4 Å². The van der Waals surface area contributed by atoms with Gasteiger partial charge in [-0.3, -0.25) is 4.68 Å². The molecule has 0 radical (unpaired) electrons. The van der Waals surface area contributed by atoms with Crippen LogP contribution in [0.2, 0.25) is 0 Å². The zero-order chi connectivity index (χ0) is 8.84. The van der Waals surface area contributed by atoms with Crippen molar-refractivity contribution in [3.8, 4) is 0 Å². The summed E-state index contributed by atoms with van der Waals surface area (Å²) in [6.45, 7) is 0. The summed E-state index contributed by atoms with van der Waals surface area (Å²) in [5.41, 5.74) is 7.70. The normalized spacial score (nSPS) is 16.6. The number of nitrogen functional groups attached to an aromatic ring is 1. The van der Waals surface area contributed by atoms with Crippen LogP contribution in [0, 0.1) is 0 Å². The SMILES string of the molecule is Nc1ccc2c(cnn2C2CC2)c1. The molecule has 3 nitrogen and oxygen atoms in total. The average Bonchev–Trinajstić information content (AvgIpc) is 2.87. The van der Waals surface area contributed by atoms with Gasteiger partial charge in [0.15, 0.2) is 0 Å². The molecule has 66 valence electrons. The van der Waals surface area contributed by atoms with Gasteiger partial charge in [0, 0.05) is 11.1 Å². The Morgan fingerprint density at radius 1 is 1.38 bits per heavy atom. The fraction of sp³-hybridized carbons (Fsp3) is 0.300. The third-order valence-electron chi connectivity index (χ3n) is 2.51. The van der Waals surface area contributed by atoms with Gasteiger partial charge in [-0.05, 0) is 31.0 Å². The molecule has 1 aliphatic rings. The molecular formula is C10H11N3. The second kappa shape index (κ2) is 2.25. The van der Waals surface area contributed by atoms with Crippen LogP contribution >= 0.6 is 0 Å². The number of anilines is 1. The maximum atomic E-state index is 5.69. The zero-order valence-electron chi connectivity index (χ0n) is 7.27. The van der Waals surface area contributed by atoms with Gasteiger partial charge in [-0.15, -0.1) is 0 Å². The van der Waals surface area contributed by atoms with Gasteiger partial charge in [0.1, 0.15) is 0 Å². The van der Waals surface area contributed by atoms with E-state index in [2.05, 4.69) is 15.8 Å². The van der Waals surface area contributed by atoms with Gasteiger partial charge in [-0.2, -0.15) is 5.10 Å². The van der Waals surface area contributed by atoms with Crippen molar-refractivity contribution in [2.24, 2.45) is 0 Å². The van der Waals surface area contributed by atoms with Crippen molar-refractivity contribution < 1.29 is 0 Å².